The van der Waals surface area contributed by atoms with Crippen molar-refractivity contribution in [3.8, 4) is 0 Å². The molecule has 0 bridgehead atoms. The first kappa shape index (κ1) is 8.41. The molecule has 10 heavy (non-hydrogen) atoms. The summed E-state index contributed by atoms with van der Waals surface area (Å²) in [6.07, 6.45) is 4.85. The van der Waals surface area contributed by atoms with E-state index in [1.54, 1.807) is 0 Å². The van der Waals surface area contributed by atoms with Crippen molar-refractivity contribution in [1.82, 2.24) is 0 Å². The van der Waals surface area contributed by atoms with E-state index >= 15 is 0 Å². The second-order valence-electron chi connectivity index (χ2n) is 2.52. The maximum Gasteiger partial charge on any atom is 0.103 e. The summed E-state index contributed by atoms with van der Waals surface area (Å²) in [5.74, 6) is 1.14. The Morgan fingerprint density at radius 3 is 3.00 bits per heavy atom. The highest BCUT2D eigenvalue weighted by Gasteiger charge is 2.12. The van der Waals surface area contributed by atoms with Gasteiger partial charge in [-0.15, -0.1) is 11.8 Å². The van der Waals surface area contributed by atoms with Gasteiger partial charge in [0, 0.05) is 6.61 Å². The molecule has 0 aliphatic carbocycles. The minimum atomic E-state index is 0.482. The zero-order chi connectivity index (χ0) is 7.23. The predicted octanol–water partition coefficient (Wildman–Crippen LogP) is 2.47. The lowest BCUT2D eigenvalue weighted by Crippen LogP contribution is -2.15. The lowest BCUT2D eigenvalue weighted by atomic mass is 10.2. The van der Waals surface area contributed by atoms with Crippen LogP contribution in [0.15, 0.2) is 0 Å². The molecular formula is C8H15OS. The molecule has 1 unspecified atom stereocenters. The molecule has 0 amide bonds. The number of hydrogen-bond acceptors (Lipinski definition) is 2. The SMILES string of the molecule is [CH2]CCSC1CCCCO1. The molecule has 1 fully saturated rings. The highest BCUT2D eigenvalue weighted by atomic mass is 32.2. The Balaban J connectivity index is 2.02. The van der Waals surface area contributed by atoms with E-state index in [-0.39, 0.29) is 0 Å². The molecule has 0 spiro atoms. The zero-order valence-electron chi connectivity index (χ0n) is 6.34. The second kappa shape index (κ2) is 5.03. The van der Waals surface area contributed by atoms with Crippen LogP contribution in [0.3, 0.4) is 0 Å². The Bertz CT molecular complexity index is 79.3. The number of hydrogen-bond donors (Lipinski definition) is 0. The third kappa shape index (κ3) is 2.93. The van der Waals surface area contributed by atoms with Crippen molar-refractivity contribution in [3.63, 3.8) is 0 Å². The van der Waals surface area contributed by atoms with Crippen molar-refractivity contribution < 1.29 is 4.74 Å². The Morgan fingerprint density at radius 2 is 2.40 bits per heavy atom. The van der Waals surface area contributed by atoms with Crippen molar-refractivity contribution in [3.05, 3.63) is 6.92 Å². The molecule has 1 heterocycles. The van der Waals surface area contributed by atoms with Gasteiger partial charge >= 0.3 is 0 Å². The fourth-order valence-corrected chi connectivity index (χ4v) is 2.01. The number of thioether (sulfide) groups is 1. The Kier molecular flexibility index (Phi) is 4.23. The van der Waals surface area contributed by atoms with Crippen LogP contribution in [0.5, 0.6) is 0 Å². The van der Waals surface area contributed by atoms with Crippen LogP contribution in [0.25, 0.3) is 0 Å². The van der Waals surface area contributed by atoms with Crippen LogP contribution in [-0.4, -0.2) is 17.8 Å². The van der Waals surface area contributed by atoms with Gasteiger partial charge < -0.3 is 4.74 Å². The van der Waals surface area contributed by atoms with E-state index in [0.717, 1.165) is 18.8 Å². The molecule has 1 aliphatic rings. The molecule has 1 nitrogen and oxygen atoms in total. The molecule has 0 aromatic carbocycles. The van der Waals surface area contributed by atoms with E-state index in [9.17, 15) is 0 Å². The summed E-state index contributed by atoms with van der Waals surface area (Å²) in [4.78, 5) is 0. The first-order chi connectivity index (χ1) is 4.93. The van der Waals surface area contributed by atoms with Gasteiger partial charge in [-0.05, 0) is 31.4 Å². The summed E-state index contributed by atoms with van der Waals surface area (Å²) < 4.78 is 5.52. The Labute approximate surface area is 67.5 Å². The van der Waals surface area contributed by atoms with Gasteiger partial charge in [-0.1, -0.05) is 6.92 Å². The molecular weight excluding hydrogens is 144 g/mol. The summed E-state index contributed by atoms with van der Waals surface area (Å²) in [6, 6.07) is 0. The van der Waals surface area contributed by atoms with Gasteiger partial charge in [-0.25, -0.2) is 0 Å². The molecule has 0 saturated carbocycles. The third-order valence-electron chi connectivity index (χ3n) is 1.59. The molecule has 1 aliphatic heterocycles. The molecule has 1 saturated heterocycles. The summed E-state index contributed by atoms with van der Waals surface area (Å²) in [6.45, 7) is 4.76. The lowest BCUT2D eigenvalue weighted by molar-refractivity contribution is 0.0728. The molecule has 1 atom stereocenters. The van der Waals surface area contributed by atoms with Gasteiger partial charge in [-0.3, -0.25) is 0 Å². The van der Waals surface area contributed by atoms with Gasteiger partial charge in [-0.2, -0.15) is 0 Å². The van der Waals surface area contributed by atoms with Gasteiger partial charge in [0.15, 0.2) is 0 Å². The lowest BCUT2D eigenvalue weighted by Gasteiger charge is -2.21. The van der Waals surface area contributed by atoms with E-state index in [4.69, 9.17) is 4.74 Å². The van der Waals surface area contributed by atoms with E-state index < -0.39 is 0 Å². The molecule has 2 heteroatoms. The number of ether oxygens (including phenoxy) is 1. The minimum absolute atomic E-state index is 0.482. The van der Waals surface area contributed by atoms with Crippen LogP contribution in [0.2, 0.25) is 0 Å². The molecule has 59 valence electrons. The second-order valence-corrected chi connectivity index (χ2v) is 3.79. The molecule has 1 radical (unpaired) electrons. The highest BCUT2D eigenvalue weighted by Crippen LogP contribution is 2.23. The zero-order valence-corrected chi connectivity index (χ0v) is 7.16. The standard InChI is InChI=1S/C8H15OS/c1-2-7-10-8-5-3-4-6-9-8/h8H,1-7H2. The molecule has 0 aromatic heterocycles. The monoisotopic (exact) mass is 159 g/mol. The van der Waals surface area contributed by atoms with Gasteiger partial charge in [0.2, 0.25) is 0 Å². The average molecular weight is 159 g/mol. The number of rotatable bonds is 3. The van der Waals surface area contributed by atoms with E-state index in [1.807, 2.05) is 11.8 Å². The first-order valence-corrected chi connectivity index (χ1v) is 5.01. The van der Waals surface area contributed by atoms with Crippen LogP contribution in [0, 0.1) is 6.92 Å². The summed E-state index contributed by atoms with van der Waals surface area (Å²) >= 11 is 1.91. The van der Waals surface area contributed by atoms with Gasteiger partial charge in [0.25, 0.3) is 0 Å². The largest absolute Gasteiger partial charge is 0.368 e. The van der Waals surface area contributed by atoms with Crippen LogP contribution >= 0.6 is 11.8 Å². The van der Waals surface area contributed by atoms with Crippen LogP contribution in [-0.2, 0) is 4.74 Å². The minimum Gasteiger partial charge on any atom is -0.368 e. The van der Waals surface area contributed by atoms with Crippen LogP contribution < -0.4 is 0 Å². The van der Waals surface area contributed by atoms with Gasteiger partial charge in [0.1, 0.15) is 5.44 Å². The Hall–Kier alpha value is 0.310. The van der Waals surface area contributed by atoms with Crippen molar-refractivity contribution in [2.75, 3.05) is 12.4 Å². The molecule has 0 N–H and O–H groups in total. The normalized spacial score (nSPS) is 26.7. The fraction of sp³-hybridized carbons (Fsp3) is 0.875. The topological polar surface area (TPSA) is 9.23 Å². The quantitative estimate of drug-likeness (QED) is 0.625. The van der Waals surface area contributed by atoms with Crippen LogP contribution in [0.1, 0.15) is 25.7 Å². The van der Waals surface area contributed by atoms with Gasteiger partial charge in [0.05, 0.1) is 0 Å². The molecule has 0 aromatic rings. The van der Waals surface area contributed by atoms with Crippen molar-refractivity contribution in [1.29, 1.82) is 0 Å². The van der Waals surface area contributed by atoms with Crippen LogP contribution in [0.4, 0.5) is 0 Å². The Morgan fingerprint density at radius 1 is 1.50 bits per heavy atom. The third-order valence-corrected chi connectivity index (χ3v) is 2.85. The first-order valence-electron chi connectivity index (χ1n) is 3.96. The summed E-state index contributed by atoms with van der Waals surface area (Å²) in [5, 5.41) is 0. The average Bonchev–Trinajstić information content (AvgIpc) is 2.03. The predicted molar refractivity (Wildman–Crippen MR) is 46.0 cm³/mol. The highest BCUT2D eigenvalue weighted by molar-refractivity contribution is 7.99. The van der Waals surface area contributed by atoms with Crippen molar-refractivity contribution in [2.45, 2.75) is 31.1 Å². The molecule has 1 rings (SSSR count). The van der Waals surface area contributed by atoms with Crippen molar-refractivity contribution >= 4 is 11.8 Å². The van der Waals surface area contributed by atoms with E-state index in [1.165, 1.54) is 19.3 Å². The smallest absolute Gasteiger partial charge is 0.103 e. The fourth-order valence-electron chi connectivity index (χ4n) is 1.06. The van der Waals surface area contributed by atoms with E-state index in [2.05, 4.69) is 6.92 Å². The van der Waals surface area contributed by atoms with E-state index in [0.29, 0.717) is 5.44 Å². The maximum absolute atomic E-state index is 5.52. The maximum atomic E-state index is 5.52. The summed E-state index contributed by atoms with van der Waals surface area (Å²) in [7, 11) is 0. The van der Waals surface area contributed by atoms with Crippen molar-refractivity contribution in [2.24, 2.45) is 0 Å². The summed E-state index contributed by atoms with van der Waals surface area (Å²) in [5.41, 5.74) is 0.482.